The number of thiophene rings is 1. The van der Waals surface area contributed by atoms with Crippen LogP contribution in [0.5, 0.6) is 0 Å². The molecule has 2 aromatic heterocycles. The maximum atomic E-state index is 11.8. The van der Waals surface area contributed by atoms with Crippen molar-refractivity contribution in [2.24, 2.45) is 0 Å². The molecule has 0 saturated carbocycles. The van der Waals surface area contributed by atoms with Gasteiger partial charge in [0.05, 0.1) is 5.75 Å². The van der Waals surface area contributed by atoms with Crippen molar-refractivity contribution in [1.82, 2.24) is 15.3 Å². The molecular weight excluding hydrogens is 302 g/mol. The minimum atomic E-state index is 0.0610. The second-order valence-electron chi connectivity index (χ2n) is 5.58. The number of thioether (sulfide) groups is 1. The molecule has 4 nitrogen and oxygen atoms in total. The van der Waals surface area contributed by atoms with E-state index in [9.17, 15) is 4.79 Å². The summed E-state index contributed by atoms with van der Waals surface area (Å²) in [4.78, 5) is 23.2. The van der Waals surface area contributed by atoms with Crippen molar-refractivity contribution >= 4 is 39.2 Å². The summed E-state index contributed by atoms with van der Waals surface area (Å²) in [5, 5.41) is 5.07. The van der Waals surface area contributed by atoms with E-state index >= 15 is 0 Å². The van der Waals surface area contributed by atoms with Crippen LogP contribution in [-0.4, -0.2) is 27.7 Å². The van der Waals surface area contributed by atoms with Crippen LogP contribution in [0.1, 0.15) is 37.1 Å². The predicted molar refractivity (Wildman–Crippen MR) is 88.1 cm³/mol. The van der Waals surface area contributed by atoms with Crippen molar-refractivity contribution in [2.45, 2.75) is 50.6 Å². The fraction of sp³-hybridized carbons (Fsp3) is 0.533. The third-order valence-corrected chi connectivity index (χ3v) is 5.70. The lowest BCUT2D eigenvalue weighted by molar-refractivity contribution is -0.119. The molecule has 1 aliphatic rings. The van der Waals surface area contributed by atoms with Crippen LogP contribution >= 0.6 is 23.1 Å². The van der Waals surface area contributed by atoms with Crippen molar-refractivity contribution in [2.75, 3.05) is 5.75 Å². The summed E-state index contributed by atoms with van der Waals surface area (Å²) >= 11 is 3.31. The maximum absolute atomic E-state index is 11.8. The number of nitrogens with zero attached hydrogens (tertiary/aromatic N) is 2. The molecule has 0 fully saturated rings. The molecule has 0 aliphatic heterocycles. The van der Waals surface area contributed by atoms with E-state index in [0.29, 0.717) is 5.75 Å². The number of rotatable bonds is 4. The summed E-state index contributed by atoms with van der Waals surface area (Å²) in [6, 6.07) is 0.178. The normalized spacial score (nSPS) is 14.4. The van der Waals surface area contributed by atoms with E-state index in [2.05, 4.69) is 15.3 Å². The Balaban J connectivity index is 1.85. The largest absolute Gasteiger partial charge is 0.353 e. The van der Waals surface area contributed by atoms with E-state index in [4.69, 9.17) is 0 Å². The Hall–Kier alpha value is -1.14. The maximum Gasteiger partial charge on any atom is 0.230 e. The number of carbonyl (C=O) groups excluding carboxylic acids is 1. The summed E-state index contributed by atoms with van der Waals surface area (Å²) in [5.41, 5.74) is 1.42. The van der Waals surface area contributed by atoms with E-state index in [1.807, 2.05) is 13.8 Å². The highest BCUT2D eigenvalue weighted by molar-refractivity contribution is 8.00. The summed E-state index contributed by atoms with van der Waals surface area (Å²) in [5.74, 6) is 0.473. The quantitative estimate of drug-likeness (QED) is 0.694. The van der Waals surface area contributed by atoms with Gasteiger partial charge >= 0.3 is 0 Å². The van der Waals surface area contributed by atoms with Crippen LogP contribution in [0.2, 0.25) is 0 Å². The van der Waals surface area contributed by atoms with Crippen LogP contribution in [0.25, 0.3) is 10.2 Å². The van der Waals surface area contributed by atoms with Crippen molar-refractivity contribution in [1.29, 1.82) is 0 Å². The number of carbonyl (C=O) groups is 1. The van der Waals surface area contributed by atoms with Gasteiger partial charge in [0, 0.05) is 16.3 Å². The predicted octanol–water partition coefficient (Wildman–Crippen LogP) is 3.19. The van der Waals surface area contributed by atoms with Gasteiger partial charge in [0.2, 0.25) is 5.91 Å². The van der Waals surface area contributed by atoms with Crippen LogP contribution in [0.4, 0.5) is 0 Å². The Kier molecular flexibility index (Phi) is 4.45. The number of aromatic nitrogens is 2. The molecule has 0 atom stereocenters. The highest BCUT2D eigenvalue weighted by Gasteiger charge is 2.20. The van der Waals surface area contributed by atoms with E-state index < -0.39 is 0 Å². The molecule has 112 valence electrons. The first-order valence-corrected chi connectivity index (χ1v) is 9.12. The fourth-order valence-electron chi connectivity index (χ4n) is 2.67. The Morgan fingerprint density at radius 2 is 2.19 bits per heavy atom. The zero-order chi connectivity index (χ0) is 14.8. The molecule has 0 aromatic carbocycles. The Labute approximate surface area is 132 Å². The molecule has 3 rings (SSSR count). The molecule has 0 radical (unpaired) electrons. The van der Waals surface area contributed by atoms with Gasteiger partial charge in [0.15, 0.2) is 0 Å². The zero-order valence-corrected chi connectivity index (χ0v) is 13.9. The molecule has 1 N–H and O–H groups in total. The van der Waals surface area contributed by atoms with E-state index in [1.165, 1.54) is 40.4 Å². The fourth-order valence-corrected chi connectivity index (χ4v) is 4.80. The average molecular weight is 321 g/mol. The summed E-state index contributed by atoms with van der Waals surface area (Å²) < 4.78 is 0. The number of fused-ring (bicyclic) bond motifs is 3. The van der Waals surface area contributed by atoms with Crippen LogP contribution in [0.3, 0.4) is 0 Å². The third kappa shape index (κ3) is 3.21. The molecule has 0 bridgehead atoms. The molecule has 1 aliphatic carbocycles. The second kappa shape index (κ2) is 6.32. The number of aryl methyl sites for hydroxylation is 2. The first kappa shape index (κ1) is 14.8. The first-order valence-electron chi connectivity index (χ1n) is 7.32. The van der Waals surface area contributed by atoms with Gasteiger partial charge in [-0.25, -0.2) is 9.97 Å². The standard InChI is InChI=1S/C15H19N3OS2/c1-9(2)18-12(19)7-20-14-13-10-5-3-4-6-11(10)21-15(13)17-8-16-14/h8-9H,3-7H2,1-2H3,(H,18,19). The number of amides is 1. The van der Waals surface area contributed by atoms with Gasteiger partial charge in [-0.3, -0.25) is 4.79 Å². The lowest BCUT2D eigenvalue weighted by atomic mass is 9.97. The molecule has 0 unspecified atom stereocenters. The van der Waals surface area contributed by atoms with Gasteiger partial charge in [-0.2, -0.15) is 0 Å². The molecule has 6 heteroatoms. The van der Waals surface area contributed by atoms with Gasteiger partial charge in [-0.15, -0.1) is 11.3 Å². The molecule has 0 spiro atoms. The Bertz CT molecular complexity index is 666. The molecule has 2 aromatic rings. The molecular formula is C15H19N3OS2. The van der Waals surface area contributed by atoms with Gasteiger partial charge in [0.1, 0.15) is 16.2 Å². The van der Waals surface area contributed by atoms with Gasteiger partial charge < -0.3 is 5.32 Å². The molecule has 1 amide bonds. The highest BCUT2D eigenvalue weighted by Crippen LogP contribution is 2.39. The number of hydrogen-bond donors (Lipinski definition) is 1. The van der Waals surface area contributed by atoms with Crippen molar-refractivity contribution < 1.29 is 4.79 Å². The Morgan fingerprint density at radius 1 is 1.38 bits per heavy atom. The number of hydrogen-bond acceptors (Lipinski definition) is 5. The first-order chi connectivity index (χ1) is 10.1. The van der Waals surface area contributed by atoms with Crippen LogP contribution in [0, 0.1) is 0 Å². The van der Waals surface area contributed by atoms with Crippen LogP contribution < -0.4 is 5.32 Å². The minimum Gasteiger partial charge on any atom is -0.353 e. The lowest BCUT2D eigenvalue weighted by Gasteiger charge is -2.11. The van der Waals surface area contributed by atoms with E-state index in [0.717, 1.165) is 22.7 Å². The van der Waals surface area contributed by atoms with Crippen molar-refractivity contribution in [3.05, 3.63) is 16.8 Å². The monoisotopic (exact) mass is 321 g/mol. The summed E-state index contributed by atoms with van der Waals surface area (Å²) in [6.45, 7) is 3.95. The minimum absolute atomic E-state index is 0.0610. The third-order valence-electron chi connectivity index (χ3n) is 3.51. The van der Waals surface area contributed by atoms with Crippen molar-refractivity contribution in [3.8, 4) is 0 Å². The smallest absolute Gasteiger partial charge is 0.230 e. The molecule has 2 heterocycles. The zero-order valence-electron chi connectivity index (χ0n) is 12.3. The van der Waals surface area contributed by atoms with E-state index in [-0.39, 0.29) is 11.9 Å². The summed E-state index contributed by atoms with van der Waals surface area (Å²) in [6.07, 6.45) is 6.41. The van der Waals surface area contributed by atoms with Crippen LogP contribution in [0.15, 0.2) is 11.4 Å². The van der Waals surface area contributed by atoms with Crippen LogP contribution in [-0.2, 0) is 17.6 Å². The second-order valence-corrected chi connectivity index (χ2v) is 7.63. The molecule has 21 heavy (non-hydrogen) atoms. The van der Waals surface area contributed by atoms with E-state index in [1.54, 1.807) is 17.7 Å². The number of nitrogens with one attached hydrogen (secondary N) is 1. The van der Waals surface area contributed by atoms with Gasteiger partial charge in [0.25, 0.3) is 0 Å². The molecule has 0 saturated heterocycles. The lowest BCUT2D eigenvalue weighted by Crippen LogP contribution is -2.31. The highest BCUT2D eigenvalue weighted by atomic mass is 32.2. The van der Waals surface area contributed by atoms with Gasteiger partial charge in [-0.1, -0.05) is 11.8 Å². The average Bonchev–Trinajstić information content (AvgIpc) is 2.83. The van der Waals surface area contributed by atoms with Gasteiger partial charge in [-0.05, 0) is 45.1 Å². The SMILES string of the molecule is CC(C)NC(=O)CSc1ncnc2sc3c(c12)CCCC3. The topological polar surface area (TPSA) is 54.9 Å². The summed E-state index contributed by atoms with van der Waals surface area (Å²) in [7, 11) is 0. The van der Waals surface area contributed by atoms with Crippen molar-refractivity contribution in [3.63, 3.8) is 0 Å². The Morgan fingerprint density at radius 3 is 3.00 bits per heavy atom.